The molecule has 4 heterocycles. The van der Waals surface area contributed by atoms with Crippen molar-refractivity contribution in [2.45, 2.75) is 31.8 Å². The highest BCUT2D eigenvalue weighted by atomic mass is 16.2. The summed E-state index contributed by atoms with van der Waals surface area (Å²) in [5, 5.41) is 7.89. The number of likely N-dealkylation sites (N-methyl/N-ethyl adjacent to an activating group) is 1. The summed E-state index contributed by atoms with van der Waals surface area (Å²) in [4.78, 5) is 41.5. The van der Waals surface area contributed by atoms with Crippen molar-refractivity contribution in [2.75, 3.05) is 20.1 Å². The van der Waals surface area contributed by atoms with Crippen LogP contribution in [0.3, 0.4) is 0 Å². The normalized spacial score (nSPS) is 23.2. The van der Waals surface area contributed by atoms with Gasteiger partial charge in [-0.1, -0.05) is 6.07 Å². The molecular weight excluding hydrogens is 360 g/mol. The van der Waals surface area contributed by atoms with Crippen LogP contribution in [0.15, 0.2) is 29.3 Å². The minimum absolute atomic E-state index is 0.0000614. The van der Waals surface area contributed by atoms with Gasteiger partial charge in [-0.2, -0.15) is 0 Å². The molecule has 1 fully saturated rings. The smallest absolute Gasteiger partial charge is 0.251 e. The van der Waals surface area contributed by atoms with Gasteiger partial charge < -0.3 is 14.4 Å². The van der Waals surface area contributed by atoms with Crippen molar-refractivity contribution in [3.63, 3.8) is 0 Å². The Balaban J connectivity index is 1.71. The molecule has 4 rings (SSSR count). The maximum atomic E-state index is 13.4. The summed E-state index contributed by atoms with van der Waals surface area (Å²) in [5.74, 6) is 0.500. The maximum Gasteiger partial charge on any atom is 0.251 e. The number of rotatable bonds is 3. The van der Waals surface area contributed by atoms with E-state index in [9.17, 15) is 14.4 Å². The number of likely N-dealkylation sites (tertiary alicyclic amines) is 1. The van der Waals surface area contributed by atoms with E-state index in [2.05, 4.69) is 10.2 Å². The van der Waals surface area contributed by atoms with E-state index in [0.29, 0.717) is 25.5 Å². The molecule has 1 saturated heterocycles. The minimum Gasteiger partial charge on any atom is -0.342 e. The predicted octanol–water partition coefficient (Wildman–Crippen LogP) is 0.142. The highest BCUT2D eigenvalue weighted by Gasteiger charge is 2.45. The Labute approximate surface area is 162 Å². The van der Waals surface area contributed by atoms with Gasteiger partial charge in [0.15, 0.2) is 5.82 Å². The molecule has 0 saturated carbocycles. The van der Waals surface area contributed by atoms with Crippen molar-refractivity contribution in [3.8, 4) is 0 Å². The van der Waals surface area contributed by atoms with Gasteiger partial charge in [0.05, 0.1) is 6.54 Å². The summed E-state index contributed by atoms with van der Waals surface area (Å²) in [7, 11) is 3.53. The lowest BCUT2D eigenvalue weighted by Crippen LogP contribution is -2.54. The number of carbonyl (C=O) groups is 2. The Morgan fingerprint density at radius 3 is 2.75 bits per heavy atom. The van der Waals surface area contributed by atoms with Crippen LogP contribution >= 0.6 is 0 Å². The summed E-state index contributed by atoms with van der Waals surface area (Å²) in [6.07, 6.45) is 2.38. The van der Waals surface area contributed by atoms with Gasteiger partial charge in [-0.05, 0) is 12.5 Å². The van der Waals surface area contributed by atoms with E-state index in [-0.39, 0.29) is 29.2 Å². The molecule has 9 nitrogen and oxygen atoms in total. The third-order valence-electron chi connectivity index (χ3n) is 5.91. The standard InChI is InChI=1S/C19H24N6O3/c1-12(26)24-8-13-7-14(9-24)18(25-15(13)5-4-6-17(25)27)19(28)22(2)10-16-21-20-11-23(16)3/h4-6,11,13-14,18H,7-10H2,1-3H3/t13-,14+,18-/m1/s1. The average molecular weight is 384 g/mol. The lowest BCUT2D eigenvalue weighted by molar-refractivity contribution is -0.141. The zero-order valence-electron chi connectivity index (χ0n) is 16.3. The molecule has 0 spiro atoms. The van der Waals surface area contributed by atoms with Crippen LogP contribution in [0.4, 0.5) is 0 Å². The van der Waals surface area contributed by atoms with Crippen LogP contribution < -0.4 is 5.56 Å². The Hall–Kier alpha value is -2.97. The van der Waals surface area contributed by atoms with Gasteiger partial charge in [-0.15, -0.1) is 10.2 Å². The molecule has 0 radical (unpaired) electrons. The first-order valence-electron chi connectivity index (χ1n) is 9.41. The number of fused-ring (bicyclic) bond motifs is 4. The average Bonchev–Trinajstić information content (AvgIpc) is 3.06. The second kappa shape index (κ2) is 6.88. The van der Waals surface area contributed by atoms with Crippen LogP contribution in [0.25, 0.3) is 0 Å². The second-order valence-corrected chi connectivity index (χ2v) is 7.77. The molecule has 9 heteroatoms. The van der Waals surface area contributed by atoms with Crippen LogP contribution in [0.2, 0.25) is 0 Å². The van der Waals surface area contributed by atoms with Crippen LogP contribution in [0, 0.1) is 5.92 Å². The fourth-order valence-electron chi connectivity index (χ4n) is 4.47. The maximum absolute atomic E-state index is 13.4. The number of hydrogen-bond acceptors (Lipinski definition) is 5. The van der Waals surface area contributed by atoms with Gasteiger partial charge in [0.1, 0.15) is 12.4 Å². The zero-order chi connectivity index (χ0) is 20.0. The van der Waals surface area contributed by atoms with Crippen LogP contribution in [0.1, 0.15) is 36.8 Å². The molecular formula is C19H24N6O3. The molecule has 2 aliphatic heterocycles. The molecule has 2 aromatic heterocycles. The summed E-state index contributed by atoms with van der Waals surface area (Å²) in [6, 6.07) is 4.50. The predicted molar refractivity (Wildman–Crippen MR) is 100 cm³/mol. The quantitative estimate of drug-likeness (QED) is 0.751. The van der Waals surface area contributed by atoms with Crippen molar-refractivity contribution in [2.24, 2.45) is 13.0 Å². The molecule has 2 amide bonds. The lowest BCUT2D eigenvalue weighted by atomic mass is 9.78. The van der Waals surface area contributed by atoms with Crippen molar-refractivity contribution in [3.05, 3.63) is 46.4 Å². The molecule has 0 N–H and O–H groups in total. The van der Waals surface area contributed by atoms with E-state index in [4.69, 9.17) is 0 Å². The summed E-state index contributed by atoms with van der Waals surface area (Å²) in [5.41, 5.74) is 0.661. The number of carbonyl (C=O) groups excluding carboxylic acids is 2. The zero-order valence-corrected chi connectivity index (χ0v) is 16.3. The van der Waals surface area contributed by atoms with Gasteiger partial charge >= 0.3 is 0 Å². The molecule has 2 aliphatic rings. The van der Waals surface area contributed by atoms with Gasteiger partial charge in [-0.25, -0.2) is 0 Å². The molecule has 148 valence electrons. The Morgan fingerprint density at radius 2 is 2.07 bits per heavy atom. The molecule has 2 bridgehead atoms. The largest absolute Gasteiger partial charge is 0.342 e. The highest BCUT2D eigenvalue weighted by Crippen LogP contribution is 2.41. The SMILES string of the molecule is CC(=O)N1C[C@H]2C[C@@H](C1)[C@H](C(=O)N(C)Cc1nncn1C)n1c2cccc1=O. The van der Waals surface area contributed by atoms with Crippen LogP contribution in [-0.4, -0.2) is 61.1 Å². The van der Waals surface area contributed by atoms with E-state index in [1.54, 1.807) is 45.3 Å². The first-order valence-corrected chi connectivity index (χ1v) is 9.41. The van der Waals surface area contributed by atoms with E-state index in [0.717, 1.165) is 12.1 Å². The molecule has 0 unspecified atom stereocenters. The lowest BCUT2D eigenvalue weighted by Gasteiger charge is -2.46. The first kappa shape index (κ1) is 18.4. The molecule has 0 aliphatic carbocycles. The third kappa shape index (κ3) is 3.00. The van der Waals surface area contributed by atoms with Crippen molar-refractivity contribution >= 4 is 11.8 Å². The fraction of sp³-hybridized carbons (Fsp3) is 0.526. The van der Waals surface area contributed by atoms with Gasteiger partial charge in [-0.3, -0.25) is 19.0 Å². The number of aromatic nitrogens is 4. The number of hydrogen-bond donors (Lipinski definition) is 0. The van der Waals surface area contributed by atoms with Crippen LogP contribution in [0.5, 0.6) is 0 Å². The Kier molecular flexibility index (Phi) is 4.52. The Bertz CT molecular complexity index is 980. The second-order valence-electron chi connectivity index (χ2n) is 7.77. The number of piperidine rings is 1. The molecule has 3 atom stereocenters. The van der Waals surface area contributed by atoms with E-state index in [1.165, 1.54) is 6.07 Å². The molecule has 28 heavy (non-hydrogen) atoms. The summed E-state index contributed by atoms with van der Waals surface area (Å²) >= 11 is 0. The topological polar surface area (TPSA) is 93.3 Å². The van der Waals surface area contributed by atoms with E-state index in [1.807, 2.05) is 13.1 Å². The van der Waals surface area contributed by atoms with Gasteiger partial charge in [0, 0.05) is 57.7 Å². The summed E-state index contributed by atoms with van der Waals surface area (Å²) < 4.78 is 3.41. The number of aryl methyl sites for hydroxylation is 1. The van der Waals surface area contributed by atoms with Crippen molar-refractivity contribution in [1.29, 1.82) is 0 Å². The minimum atomic E-state index is -0.625. The monoisotopic (exact) mass is 384 g/mol. The van der Waals surface area contributed by atoms with Crippen molar-refractivity contribution in [1.82, 2.24) is 29.1 Å². The number of nitrogens with zero attached hydrogens (tertiary/aromatic N) is 6. The number of pyridine rings is 1. The molecule has 2 aromatic rings. The Morgan fingerprint density at radius 1 is 1.29 bits per heavy atom. The fourth-order valence-corrected chi connectivity index (χ4v) is 4.47. The van der Waals surface area contributed by atoms with Crippen LogP contribution in [-0.2, 0) is 23.2 Å². The van der Waals surface area contributed by atoms with Gasteiger partial charge in [0.25, 0.3) is 5.56 Å². The molecule has 0 aromatic carbocycles. The summed E-state index contributed by atoms with van der Waals surface area (Å²) in [6.45, 7) is 2.93. The third-order valence-corrected chi connectivity index (χ3v) is 5.91. The van der Waals surface area contributed by atoms with E-state index < -0.39 is 6.04 Å². The highest BCUT2D eigenvalue weighted by molar-refractivity contribution is 5.81. The first-order chi connectivity index (χ1) is 13.4. The van der Waals surface area contributed by atoms with Gasteiger partial charge in [0.2, 0.25) is 11.8 Å². The van der Waals surface area contributed by atoms with E-state index >= 15 is 0 Å². The number of amides is 2. The van der Waals surface area contributed by atoms with Crippen molar-refractivity contribution < 1.29 is 9.59 Å².